The van der Waals surface area contributed by atoms with Gasteiger partial charge in [0.25, 0.3) is 0 Å². The van der Waals surface area contributed by atoms with Gasteiger partial charge in [-0.1, -0.05) is 39.0 Å². The first-order chi connectivity index (χ1) is 8.05. The summed E-state index contributed by atoms with van der Waals surface area (Å²) in [4.78, 5) is 0. The van der Waals surface area contributed by atoms with Crippen molar-refractivity contribution in [2.75, 3.05) is 0 Å². The molecule has 1 aromatic rings. The lowest BCUT2D eigenvalue weighted by Gasteiger charge is -2.24. The smallest absolute Gasteiger partial charge is 0.0358 e. The summed E-state index contributed by atoms with van der Waals surface area (Å²) in [6.07, 6.45) is 11.7. The molecule has 17 heavy (non-hydrogen) atoms. The highest BCUT2D eigenvalue weighted by molar-refractivity contribution is 5.10. The molecule has 0 saturated heterocycles. The highest BCUT2D eigenvalue weighted by Gasteiger charge is 2.14. The van der Waals surface area contributed by atoms with E-state index in [0.717, 1.165) is 0 Å². The summed E-state index contributed by atoms with van der Waals surface area (Å²) in [5, 5.41) is 0. The van der Waals surface area contributed by atoms with Crippen LogP contribution >= 0.6 is 0 Å². The summed E-state index contributed by atoms with van der Waals surface area (Å²) in [5.41, 5.74) is 1.72. The second kappa shape index (κ2) is 6.88. The summed E-state index contributed by atoms with van der Waals surface area (Å²) in [5.74, 6) is 0. The number of aromatic nitrogens is 1. The molecule has 0 aliphatic carbocycles. The van der Waals surface area contributed by atoms with Crippen molar-refractivity contribution < 1.29 is 0 Å². The molecule has 1 rings (SSSR count). The van der Waals surface area contributed by atoms with Crippen molar-refractivity contribution in [3.05, 3.63) is 24.0 Å². The standard InChI is InChI=1S/C16H29N/c1-5-6-7-8-9-10-12-15-13-11-14-17(15)16(2,3)4/h11,13-14H,5-10,12H2,1-4H3. The van der Waals surface area contributed by atoms with E-state index in [4.69, 9.17) is 0 Å². The SMILES string of the molecule is CCCCCCCCc1cccn1C(C)(C)C. The van der Waals surface area contributed by atoms with E-state index < -0.39 is 0 Å². The van der Waals surface area contributed by atoms with E-state index in [0.29, 0.717) is 0 Å². The Kier molecular flexibility index (Phi) is 5.80. The summed E-state index contributed by atoms with van der Waals surface area (Å²) in [6.45, 7) is 9.10. The van der Waals surface area contributed by atoms with Crippen LogP contribution < -0.4 is 0 Å². The van der Waals surface area contributed by atoms with Gasteiger partial charge in [0.1, 0.15) is 0 Å². The van der Waals surface area contributed by atoms with Crippen molar-refractivity contribution in [2.45, 2.75) is 78.2 Å². The summed E-state index contributed by atoms with van der Waals surface area (Å²) in [7, 11) is 0. The minimum Gasteiger partial charge on any atom is -0.346 e. The third kappa shape index (κ3) is 4.97. The number of hydrogen-bond donors (Lipinski definition) is 0. The van der Waals surface area contributed by atoms with Gasteiger partial charge in [-0.2, -0.15) is 0 Å². The van der Waals surface area contributed by atoms with Crippen molar-refractivity contribution in [3.63, 3.8) is 0 Å². The van der Waals surface area contributed by atoms with Crippen LogP contribution in [0.3, 0.4) is 0 Å². The highest BCUT2D eigenvalue weighted by atomic mass is 15.0. The van der Waals surface area contributed by atoms with Crippen LogP contribution in [0.2, 0.25) is 0 Å². The van der Waals surface area contributed by atoms with E-state index in [1.54, 1.807) is 0 Å². The van der Waals surface area contributed by atoms with Gasteiger partial charge < -0.3 is 4.57 Å². The third-order valence-corrected chi connectivity index (χ3v) is 3.34. The van der Waals surface area contributed by atoms with Crippen LogP contribution in [0.5, 0.6) is 0 Å². The van der Waals surface area contributed by atoms with Gasteiger partial charge >= 0.3 is 0 Å². The quantitative estimate of drug-likeness (QED) is 0.576. The Morgan fingerprint density at radius 1 is 1.00 bits per heavy atom. The van der Waals surface area contributed by atoms with Crippen molar-refractivity contribution in [1.29, 1.82) is 0 Å². The normalized spacial score (nSPS) is 12.0. The lowest BCUT2D eigenvalue weighted by molar-refractivity contribution is 0.384. The fraction of sp³-hybridized carbons (Fsp3) is 0.750. The van der Waals surface area contributed by atoms with Crippen molar-refractivity contribution in [1.82, 2.24) is 4.57 Å². The largest absolute Gasteiger partial charge is 0.346 e. The fourth-order valence-electron chi connectivity index (χ4n) is 2.36. The maximum absolute atomic E-state index is 2.42. The molecule has 0 aliphatic heterocycles. The Morgan fingerprint density at radius 3 is 2.29 bits per heavy atom. The van der Waals surface area contributed by atoms with Gasteiger partial charge in [0, 0.05) is 17.4 Å². The minimum absolute atomic E-state index is 0.223. The molecule has 0 N–H and O–H groups in total. The summed E-state index contributed by atoms with van der Waals surface area (Å²) in [6, 6.07) is 4.45. The first-order valence-electron chi connectivity index (χ1n) is 7.22. The Morgan fingerprint density at radius 2 is 1.65 bits per heavy atom. The second-order valence-corrected chi connectivity index (χ2v) is 6.06. The second-order valence-electron chi connectivity index (χ2n) is 6.06. The Hall–Kier alpha value is -0.720. The van der Waals surface area contributed by atoms with Crippen LogP contribution in [0.15, 0.2) is 18.3 Å². The molecule has 0 saturated carbocycles. The highest BCUT2D eigenvalue weighted by Crippen LogP contribution is 2.19. The van der Waals surface area contributed by atoms with E-state index in [-0.39, 0.29) is 5.54 Å². The van der Waals surface area contributed by atoms with E-state index in [2.05, 4.69) is 50.6 Å². The molecule has 0 aromatic carbocycles. The van der Waals surface area contributed by atoms with E-state index in [1.165, 1.54) is 50.6 Å². The predicted molar refractivity (Wildman–Crippen MR) is 76.5 cm³/mol. The molecule has 0 amide bonds. The van der Waals surface area contributed by atoms with Gasteiger partial charge in [-0.25, -0.2) is 0 Å². The molecule has 0 fully saturated rings. The Labute approximate surface area is 107 Å². The molecule has 98 valence electrons. The van der Waals surface area contributed by atoms with Crippen LogP contribution in [-0.2, 0) is 12.0 Å². The lowest BCUT2D eigenvalue weighted by atomic mass is 10.1. The van der Waals surface area contributed by atoms with Gasteiger partial charge in [0.2, 0.25) is 0 Å². The Balaban J connectivity index is 2.30. The molecule has 0 spiro atoms. The molecule has 1 heterocycles. The molecular weight excluding hydrogens is 206 g/mol. The monoisotopic (exact) mass is 235 g/mol. The van der Waals surface area contributed by atoms with Crippen molar-refractivity contribution in [3.8, 4) is 0 Å². The van der Waals surface area contributed by atoms with E-state index >= 15 is 0 Å². The first-order valence-corrected chi connectivity index (χ1v) is 7.22. The van der Waals surface area contributed by atoms with Gasteiger partial charge in [-0.05, 0) is 45.7 Å². The van der Waals surface area contributed by atoms with Gasteiger partial charge in [0.05, 0.1) is 0 Å². The molecule has 0 unspecified atom stereocenters. The number of unbranched alkanes of at least 4 members (excludes halogenated alkanes) is 5. The zero-order valence-corrected chi connectivity index (χ0v) is 12.1. The van der Waals surface area contributed by atoms with Crippen LogP contribution in [0, 0.1) is 0 Å². The molecule has 0 aliphatic rings. The number of nitrogens with zero attached hydrogens (tertiary/aromatic N) is 1. The van der Waals surface area contributed by atoms with E-state index in [9.17, 15) is 0 Å². The molecule has 0 radical (unpaired) electrons. The minimum atomic E-state index is 0.223. The number of aryl methyl sites for hydroxylation is 1. The Bertz CT molecular complexity index is 304. The maximum Gasteiger partial charge on any atom is 0.0358 e. The predicted octanol–water partition coefficient (Wildman–Crippen LogP) is 5.15. The van der Waals surface area contributed by atoms with Gasteiger partial charge in [0.15, 0.2) is 0 Å². The number of hydrogen-bond acceptors (Lipinski definition) is 0. The summed E-state index contributed by atoms with van der Waals surface area (Å²) < 4.78 is 2.42. The number of rotatable bonds is 7. The van der Waals surface area contributed by atoms with Crippen molar-refractivity contribution in [2.24, 2.45) is 0 Å². The maximum atomic E-state index is 2.42. The summed E-state index contributed by atoms with van der Waals surface area (Å²) >= 11 is 0. The van der Waals surface area contributed by atoms with Crippen LogP contribution in [0.25, 0.3) is 0 Å². The molecule has 0 bridgehead atoms. The third-order valence-electron chi connectivity index (χ3n) is 3.34. The van der Waals surface area contributed by atoms with Gasteiger partial charge in [-0.3, -0.25) is 0 Å². The average Bonchev–Trinajstić information content (AvgIpc) is 2.71. The topological polar surface area (TPSA) is 4.93 Å². The average molecular weight is 235 g/mol. The fourth-order valence-corrected chi connectivity index (χ4v) is 2.36. The molecule has 1 heteroatoms. The molecule has 1 nitrogen and oxygen atoms in total. The molecular formula is C16H29N. The first kappa shape index (κ1) is 14.3. The van der Waals surface area contributed by atoms with E-state index in [1.807, 2.05) is 0 Å². The van der Waals surface area contributed by atoms with Crippen LogP contribution in [0.4, 0.5) is 0 Å². The van der Waals surface area contributed by atoms with Crippen molar-refractivity contribution >= 4 is 0 Å². The zero-order chi connectivity index (χ0) is 12.7. The van der Waals surface area contributed by atoms with Crippen LogP contribution in [-0.4, -0.2) is 4.57 Å². The van der Waals surface area contributed by atoms with Gasteiger partial charge in [-0.15, -0.1) is 0 Å². The lowest BCUT2D eigenvalue weighted by Crippen LogP contribution is -2.22. The van der Waals surface area contributed by atoms with Crippen LogP contribution in [0.1, 0.15) is 71.9 Å². The molecule has 0 atom stereocenters. The molecule has 1 aromatic heterocycles. The zero-order valence-electron chi connectivity index (χ0n) is 12.1.